The lowest BCUT2D eigenvalue weighted by atomic mass is 10.2. The highest BCUT2D eigenvalue weighted by molar-refractivity contribution is 7.89. The molecule has 0 aliphatic carbocycles. The molecule has 1 amide bonds. The van der Waals surface area contributed by atoms with Crippen molar-refractivity contribution in [1.82, 2.24) is 14.2 Å². The summed E-state index contributed by atoms with van der Waals surface area (Å²) in [5.74, 6) is 1.03. The van der Waals surface area contributed by atoms with E-state index in [1.807, 2.05) is 37.3 Å². The third-order valence-electron chi connectivity index (χ3n) is 5.48. The fourth-order valence-electron chi connectivity index (χ4n) is 3.59. The van der Waals surface area contributed by atoms with E-state index in [1.54, 1.807) is 36.1 Å². The summed E-state index contributed by atoms with van der Waals surface area (Å²) < 4.78 is 32.9. The predicted octanol–water partition coefficient (Wildman–Crippen LogP) is 3.03. The number of hydrogen-bond acceptors (Lipinski definition) is 5. The second-order valence-electron chi connectivity index (χ2n) is 7.66. The van der Waals surface area contributed by atoms with E-state index in [4.69, 9.17) is 4.42 Å². The highest BCUT2D eigenvalue weighted by Gasteiger charge is 2.30. The molecular formula is C23H25N3O4S. The molecule has 0 N–H and O–H groups in total. The van der Waals surface area contributed by atoms with Crippen LogP contribution in [0.25, 0.3) is 11.5 Å². The van der Waals surface area contributed by atoms with Crippen molar-refractivity contribution in [2.75, 3.05) is 26.2 Å². The third-order valence-corrected chi connectivity index (χ3v) is 7.40. The van der Waals surface area contributed by atoms with Crippen molar-refractivity contribution < 1.29 is 17.6 Å². The van der Waals surface area contributed by atoms with Gasteiger partial charge in [0.05, 0.1) is 17.0 Å². The molecule has 0 spiro atoms. The Morgan fingerprint density at radius 2 is 1.61 bits per heavy atom. The van der Waals surface area contributed by atoms with E-state index in [1.165, 1.54) is 4.31 Å². The molecule has 1 aliphatic heterocycles. The van der Waals surface area contributed by atoms with Gasteiger partial charge in [0.1, 0.15) is 5.76 Å². The van der Waals surface area contributed by atoms with Gasteiger partial charge >= 0.3 is 0 Å². The molecule has 1 saturated heterocycles. The fourth-order valence-corrected chi connectivity index (χ4v) is 5.01. The normalized spacial score (nSPS) is 15.2. The molecule has 0 bridgehead atoms. The van der Waals surface area contributed by atoms with Gasteiger partial charge in [0.15, 0.2) is 0 Å². The van der Waals surface area contributed by atoms with E-state index in [-0.39, 0.29) is 30.3 Å². The Kier molecular flexibility index (Phi) is 5.93. The number of aromatic nitrogens is 1. The van der Waals surface area contributed by atoms with Crippen molar-refractivity contribution in [3.8, 4) is 11.5 Å². The lowest BCUT2D eigenvalue weighted by molar-refractivity contribution is -0.131. The first-order chi connectivity index (χ1) is 14.8. The second kappa shape index (κ2) is 8.64. The van der Waals surface area contributed by atoms with Gasteiger partial charge in [0.2, 0.25) is 21.8 Å². The minimum absolute atomic E-state index is 0.0802. The molecule has 8 heteroatoms. The lowest BCUT2D eigenvalue weighted by Gasteiger charge is -2.34. The Morgan fingerprint density at radius 1 is 0.968 bits per heavy atom. The van der Waals surface area contributed by atoms with Crippen LogP contribution in [0.2, 0.25) is 0 Å². The summed E-state index contributed by atoms with van der Waals surface area (Å²) >= 11 is 0. The van der Waals surface area contributed by atoms with Crippen LogP contribution in [-0.2, 0) is 21.2 Å². The number of sulfonamides is 1. The largest absolute Gasteiger partial charge is 0.441 e. The molecule has 0 radical (unpaired) electrons. The molecule has 1 aromatic heterocycles. The predicted molar refractivity (Wildman–Crippen MR) is 117 cm³/mol. The molecule has 1 fully saturated rings. The van der Waals surface area contributed by atoms with E-state index in [0.29, 0.717) is 30.4 Å². The number of carbonyl (C=O) groups is 1. The number of piperazine rings is 1. The van der Waals surface area contributed by atoms with Gasteiger partial charge in [0.25, 0.3) is 0 Å². The number of hydrogen-bond donors (Lipinski definition) is 0. The summed E-state index contributed by atoms with van der Waals surface area (Å²) in [7, 11) is -3.55. The highest BCUT2D eigenvalue weighted by Crippen LogP contribution is 2.23. The van der Waals surface area contributed by atoms with Gasteiger partial charge < -0.3 is 9.32 Å². The number of oxazole rings is 1. The molecule has 2 heterocycles. The highest BCUT2D eigenvalue weighted by atomic mass is 32.2. The molecule has 7 nitrogen and oxygen atoms in total. The average Bonchev–Trinajstić information content (AvgIpc) is 3.15. The Balaban J connectivity index is 1.39. The van der Waals surface area contributed by atoms with Crippen LogP contribution in [-0.4, -0.2) is 54.7 Å². The van der Waals surface area contributed by atoms with Gasteiger partial charge in [-0.2, -0.15) is 4.31 Å². The number of nitrogens with zero attached hydrogens (tertiary/aromatic N) is 3. The van der Waals surface area contributed by atoms with Crippen LogP contribution in [0, 0.1) is 13.8 Å². The molecule has 31 heavy (non-hydrogen) atoms. The quantitative estimate of drug-likeness (QED) is 0.610. The zero-order valence-corrected chi connectivity index (χ0v) is 18.4. The lowest BCUT2D eigenvalue weighted by Crippen LogP contribution is -2.50. The van der Waals surface area contributed by atoms with Crippen molar-refractivity contribution in [3.05, 3.63) is 71.6 Å². The van der Waals surface area contributed by atoms with Crippen LogP contribution < -0.4 is 0 Å². The molecule has 4 rings (SSSR count). The molecule has 3 aromatic rings. The zero-order valence-electron chi connectivity index (χ0n) is 17.6. The Bertz CT molecular complexity index is 1160. The van der Waals surface area contributed by atoms with Crippen LogP contribution in [0.5, 0.6) is 0 Å². The van der Waals surface area contributed by atoms with Crippen molar-refractivity contribution >= 4 is 15.9 Å². The second-order valence-corrected chi connectivity index (χ2v) is 9.60. The minimum atomic E-state index is -3.55. The molecule has 2 aromatic carbocycles. The maximum atomic E-state index is 12.8. The van der Waals surface area contributed by atoms with Crippen LogP contribution >= 0.6 is 0 Å². The Morgan fingerprint density at radius 3 is 2.26 bits per heavy atom. The number of amides is 1. The molecular weight excluding hydrogens is 414 g/mol. The standard InChI is InChI=1S/C23H25N3O4S/c1-17-8-10-20(11-9-17)31(28,29)26-14-12-25(13-15-26)22(27)16-21-18(2)30-23(24-21)19-6-4-3-5-7-19/h3-11H,12-16H2,1-2H3. The van der Waals surface area contributed by atoms with Crippen molar-refractivity contribution in [2.45, 2.75) is 25.2 Å². The maximum absolute atomic E-state index is 12.8. The first-order valence-corrected chi connectivity index (χ1v) is 11.6. The van der Waals surface area contributed by atoms with Gasteiger partial charge in [-0.25, -0.2) is 13.4 Å². The molecule has 162 valence electrons. The Labute approximate surface area is 182 Å². The van der Waals surface area contributed by atoms with Gasteiger partial charge in [-0.1, -0.05) is 35.9 Å². The summed E-state index contributed by atoms with van der Waals surface area (Å²) in [6, 6.07) is 16.4. The zero-order chi connectivity index (χ0) is 22.0. The summed E-state index contributed by atoms with van der Waals surface area (Å²) in [6.45, 7) is 4.97. The van der Waals surface area contributed by atoms with Crippen LogP contribution in [0.3, 0.4) is 0 Å². The van der Waals surface area contributed by atoms with Crippen LogP contribution in [0.1, 0.15) is 17.0 Å². The molecule has 0 atom stereocenters. The van der Waals surface area contributed by atoms with Crippen LogP contribution in [0.15, 0.2) is 63.9 Å². The third kappa shape index (κ3) is 4.55. The summed E-state index contributed by atoms with van der Waals surface area (Å²) in [5.41, 5.74) is 2.48. The first kappa shape index (κ1) is 21.3. The topological polar surface area (TPSA) is 83.7 Å². The van der Waals surface area contributed by atoms with Crippen molar-refractivity contribution in [2.24, 2.45) is 0 Å². The molecule has 1 aliphatic rings. The summed E-state index contributed by atoms with van der Waals surface area (Å²) in [4.78, 5) is 19.3. The van der Waals surface area contributed by atoms with E-state index in [2.05, 4.69) is 4.98 Å². The fraction of sp³-hybridized carbons (Fsp3) is 0.304. The van der Waals surface area contributed by atoms with E-state index in [0.717, 1.165) is 11.1 Å². The first-order valence-electron chi connectivity index (χ1n) is 10.2. The van der Waals surface area contributed by atoms with Gasteiger partial charge in [-0.15, -0.1) is 0 Å². The van der Waals surface area contributed by atoms with E-state index < -0.39 is 10.0 Å². The monoisotopic (exact) mass is 439 g/mol. The smallest absolute Gasteiger partial charge is 0.243 e. The maximum Gasteiger partial charge on any atom is 0.243 e. The van der Waals surface area contributed by atoms with Gasteiger partial charge in [-0.3, -0.25) is 4.79 Å². The van der Waals surface area contributed by atoms with E-state index in [9.17, 15) is 13.2 Å². The van der Waals surface area contributed by atoms with Gasteiger partial charge in [-0.05, 0) is 38.1 Å². The molecule has 0 unspecified atom stereocenters. The number of carbonyl (C=O) groups excluding carboxylic acids is 1. The van der Waals surface area contributed by atoms with Crippen molar-refractivity contribution in [3.63, 3.8) is 0 Å². The van der Waals surface area contributed by atoms with Gasteiger partial charge in [0, 0.05) is 31.7 Å². The number of rotatable bonds is 5. The van der Waals surface area contributed by atoms with Crippen molar-refractivity contribution in [1.29, 1.82) is 0 Å². The summed E-state index contributed by atoms with van der Waals surface area (Å²) in [6.07, 6.45) is 0.132. The number of aryl methyl sites for hydroxylation is 2. The number of benzene rings is 2. The summed E-state index contributed by atoms with van der Waals surface area (Å²) in [5, 5.41) is 0. The molecule has 0 saturated carbocycles. The van der Waals surface area contributed by atoms with E-state index >= 15 is 0 Å². The Hall–Kier alpha value is -2.97. The SMILES string of the molecule is Cc1ccc(S(=O)(=O)N2CCN(C(=O)Cc3nc(-c4ccccc4)oc3C)CC2)cc1. The van der Waals surface area contributed by atoms with Crippen LogP contribution in [0.4, 0.5) is 0 Å². The minimum Gasteiger partial charge on any atom is -0.441 e. The average molecular weight is 440 g/mol.